The van der Waals surface area contributed by atoms with Gasteiger partial charge in [0.2, 0.25) is 0 Å². The monoisotopic (exact) mass is 529 g/mol. The summed E-state index contributed by atoms with van der Waals surface area (Å²) in [6.45, 7) is 6.10. The molecule has 0 aliphatic rings. The van der Waals surface area contributed by atoms with Crippen molar-refractivity contribution in [3.63, 3.8) is 0 Å². The second kappa shape index (κ2) is 14.4. The van der Waals surface area contributed by atoms with Crippen LogP contribution in [0.2, 0.25) is 5.02 Å². The predicted octanol–water partition coefficient (Wildman–Crippen LogP) is 7.42. The maximum absolute atomic E-state index is 12.3. The molecule has 0 spiro atoms. The molecule has 0 atom stereocenters. The van der Waals surface area contributed by atoms with Gasteiger partial charge in [0.05, 0.1) is 17.6 Å². The Morgan fingerprint density at radius 3 is 2.68 bits per heavy atom. The number of nitrogens with one attached hydrogen (secondary N) is 1. The van der Waals surface area contributed by atoms with E-state index in [1.165, 1.54) is 11.1 Å². The minimum atomic E-state index is -0.0811. The first kappa shape index (κ1) is 27.5. The first-order valence-electron chi connectivity index (χ1n) is 13.4. The van der Waals surface area contributed by atoms with Gasteiger partial charge in [0.15, 0.2) is 0 Å². The molecule has 0 saturated carbocycles. The van der Waals surface area contributed by atoms with E-state index in [0.717, 1.165) is 68.6 Å². The Kier molecular flexibility index (Phi) is 10.4. The van der Waals surface area contributed by atoms with Gasteiger partial charge in [-0.05, 0) is 74.1 Å². The predicted molar refractivity (Wildman–Crippen MR) is 156 cm³/mol. The van der Waals surface area contributed by atoms with E-state index in [4.69, 9.17) is 21.3 Å². The lowest BCUT2D eigenvalue weighted by Gasteiger charge is -2.12. The number of hydrogen-bond acceptors (Lipinski definition) is 3. The number of hydrogen-bond donors (Lipinski definition) is 1. The summed E-state index contributed by atoms with van der Waals surface area (Å²) in [5.74, 6) is 2.00. The lowest BCUT2D eigenvalue weighted by molar-refractivity contribution is 0.0953. The van der Waals surface area contributed by atoms with Gasteiger partial charge in [0.25, 0.3) is 5.91 Å². The van der Waals surface area contributed by atoms with Crippen LogP contribution in [0.5, 0.6) is 5.75 Å². The molecule has 4 aromatic rings. The number of unbranched alkanes of at least 4 members (excludes halogenated alkanes) is 3. The van der Waals surface area contributed by atoms with Crippen molar-refractivity contribution in [2.45, 2.75) is 51.5 Å². The number of carbonyl (C=O) groups excluding carboxylic acids is 1. The highest BCUT2D eigenvalue weighted by Gasteiger charge is 2.11. The topological polar surface area (TPSA) is 56.1 Å². The fourth-order valence-corrected chi connectivity index (χ4v) is 4.80. The van der Waals surface area contributed by atoms with Crippen molar-refractivity contribution in [1.82, 2.24) is 14.9 Å². The number of benzene rings is 3. The number of ether oxygens (including phenoxy) is 1. The minimum absolute atomic E-state index is 0.0811. The largest absolute Gasteiger partial charge is 0.493 e. The number of halogens is 1. The number of imidazole rings is 1. The SMILES string of the molecule is C=CCc1ccccc1OCCCCn1c(CCCCCNC(=O)c2cccc(Cl)c2)nc2ccccc21. The molecule has 198 valence electrons. The van der Waals surface area contributed by atoms with Gasteiger partial charge in [0.1, 0.15) is 11.6 Å². The van der Waals surface area contributed by atoms with Crippen LogP contribution in [0.25, 0.3) is 11.0 Å². The Morgan fingerprint density at radius 1 is 0.974 bits per heavy atom. The number of aromatic nitrogens is 2. The normalized spacial score (nSPS) is 11.0. The molecule has 1 heterocycles. The summed E-state index contributed by atoms with van der Waals surface area (Å²) in [4.78, 5) is 17.2. The third-order valence-corrected chi connectivity index (χ3v) is 6.79. The number of aryl methyl sites for hydroxylation is 2. The zero-order valence-electron chi connectivity index (χ0n) is 21.9. The molecule has 0 aliphatic carbocycles. The van der Waals surface area contributed by atoms with E-state index < -0.39 is 0 Å². The maximum atomic E-state index is 12.3. The number of nitrogens with zero attached hydrogens (tertiary/aromatic N) is 2. The van der Waals surface area contributed by atoms with Crippen LogP contribution in [-0.2, 0) is 19.4 Å². The Labute approximate surface area is 230 Å². The summed E-state index contributed by atoms with van der Waals surface area (Å²) in [7, 11) is 0. The van der Waals surface area contributed by atoms with E-state index in [9.17, 15) is 4.79 Å². The molecule has 0 fully saturated rings. The summed E-state index contributed by atoms with van der Waals surface area (Å²) in [6, 6.07) is 23.6. The van der Waals surface area contributed by atoms with E-state index >= 15 is 0 Å². The van der Waals surface area contributed by atoms with Gasteiger partial charge in [-0.25, -0.2) is 4.98 Å². The molecule has 0 unspecified atom stereocenters. The molecule has 4 rings (SSSR count). The molecule has 38 heavy (non-hydrogen) atoms. The van der Waals surface area contributed by atoms with Crippen LogP contribution in [0.4, 0.5) is 0 Å². The van der Waals surface area contributed by atoms with Gasteiger partial charge in [-0.1, -0.05) is 60.5 Å². The quantitative estimate of drug-likeness (QED) is 0.129. The fourth-order valence-electron chi connectivity index (χ4n) is 4.61. The van der Waals surface area contributed by atoms with E-state index in [1.807, 2.05) is 30.3 Å². The summed E-state index contributed by atoms with van der Waals surface area (Å²) in [5, 5.41) is 3.56. The number of fused-ring (bicyclic) bond motifs is 1. The fraction of sp³-hybridized carbons (Fsp3) is 0.312. The summed E-state index contributed by atoms with van der Waals surface area (Å²) in [6.07, 6.45) is 8.61. The van der Waals surface area contributed by atoms with Gasteiger partial charge in [-0.3, -0.25) is 4.79 Å². The van der Waals surface area contributed by atoms with Crippen molar-refractivity contribution in [2.75, 3.05) is 13.2 Å². The molecule has 5 nitrogen and oxygen atoms in total. The number of rotatable bonds is 15. The standard InChI is InChI=1S/C32H36ClN3O2/c1-2-13-25-14-5-8-19-30(25)38-23-11-10-22-36-29-18-7-6-17-28(29)35-31(36)20-4-3-9-21-34-32(37)26-15-12-16-27(33)24-26/h2,5-8,12,14-19,24H,1,3-4,9-11,13,20-23H2,(H,34,37). The van der Waals surface area contributed by atoms with Crippen LogP contribution < -0.4 is 10.1 Å². The summed E-state index contributed by atoms with van der Waals surface area (Å²) in [5.41, 5.74) is 4.01. The number of amides is 1. The van der Waals surface area contributed by atoms with Crippen LogP contribution >= 0.6 is 11.6 Å². The van der Waals surface area contributed by atoms with Crippen molar-refractivity contribution in [1.29, 1.82) is 0 Å². The van der Waals surface area contributed by atoms with Gasteiger partial charge in [0, 0.05) is 30.1 Å². The van der Waals surface area contributed by atoms with Crippen LogP contribution in [-0.4, -0.2) is 28.6 Å². The number of para-hydroxylation sites is 3. The first-order chi connectivity index (χ1) is 18.7. The Morgan fingerprint density at radius 2 is 1.82 bits per heavy atom. The van der Waals surface area contributed by atoms with Crippen molar-refractivity contribution in [3.05, 3.63) is 107 Å². The molecular weight excluding hydrogens is 494 g/mol. The molecule has 0 saturated heterocycles. The highest BCUT2D eigenvalue weighted by molar-refractivity contribution is 6.30. The van der Waals surface area contributed by atoms with Crippen molar-refractivity contribution >= 4 is 28.5 Å². The summed E-state index contributed by atoms with van der Waals surface area (Å²) >= 11 is 5.98. The highest BCUT2D eigenvalue weighted by atomic mass is 35.5. The second-order valence-corrected chi connectivity index (χ2v) is 9.84. The Balaban J connectivity index is 1.23. The van der Waals surface area contributed by atoms with Crippen LogP contribution in [0.3, 0.4) is 0 Å². The third-order valence-electron chi connectivity index (χ3n) is 6.55. The molecule has 6 heteroatoms. The lowest BCUT2D eigenvalue weighted by Crippen LogP contribution is -2.24. The Bertz CT molecular complexity index is 1350. The van der Waals surface area contributed by atoms with Gasteiger partial charge in [-0.15, -0.1) is 6.58 Å². The number of carbonyl (C=O) groups is 1. The molecule has 1 aromatic heterocycles. The lowest BCUT2D eigenvalue weighted by atomic mass is 10.1. The molecule has 0 radical (unpaired) electrons. The van der Waals surface area contributed by atoms with E-state index in [0.29, 0.717) is 23.7 Å². The molecule has 1 N–H and O–H groups in total. The van der Waals surface area contributed by atoms with Crippen LogP contribution in [0.15, 0.2) is 85.5 Å². The summed E-state index contributed by atoms with van der Waals surface area (Å²) < 4.78 is 8.43. The number of allylic oxidation sites excluding steroid dienone is 1. The molecule has 0 bridgehead atoms. The van der Waals surface area contributed by atoms with Crippen molar-refractivity contribution in [2.24, 2.45) is 0 Å². The van der Waals surface area contributed by atoms with Gasteiger partial charge >= 0.3 is 0 Å². The maximum Gasteiger partial charge on any atom is 0.251 e. The van der Waals surface area contributed by atoms with E-state index in [2.05, 4.69) is 40.7 Å². The average molecular weight is 530 g/mol. The average Bonchev–Trinajstić information content (AvgIpc) is 3.28. The second-order valence-electron chi connectivity index (χ2n) is 9.40. The first-order valence-corrected chi connectivity index (χ1v) is 13.8. The van der Waals surface area contributed by atoms with E-state index in [-0.39, 0.29) is 5.91 Å². The zero-order valence-corrected chi connectivity index (χ0v) is 22.6. The highest BCUT2D eigenvalue weighted by Crippen LogP contribution is 2.21. The molecular formula is C32H36ClN3O2. The molecule has 1 amide bonds. The zero-order chi connectivity index (χ0) is 26.6. The molecule has 3 aromatic carbocycles. The van der Waals surface area contributed by atoms with Crippen LogP contribution in [0, 0.1) is 0 Å². The van der Waals surface area contributed by atoms with Crippen molar-refractivity contribution < 1.29 is 9.53 Å². The Hall–Kier alpha value is -3.57. The van der Waals surface area contributed by atoms with Gasteiger partial charge in [-0.2, -0.15) is 0 Å². The van der Waals surface area contributed by atoms with Crippen LogP contribution in [0.1, 0.15) is 53.8 Å². The molecule has 0 aliphatic heterocycles. The minimum Gasteiger partial charge on any atom is -0.493 e. The van der Waals surface area contributed by atoms with Gasteiger partial charge < -0.3 is 14.6 Å². The van der Waals surface area contributed by atoms with Crippen molar-refractivity contribution in [3.8, 4) is 5.75 Å². The van der Waals surface area contributed by atoms with E-state index in [1.54, 1.807) is 24.3 Å². The smallest absolute Gasteiger partial charge is 0.251 e. The third kappa shape index (κ3) is 7.72.